The summed E-state index contributed by atoms with van der Waals surface area (Å²) in [6.07, 6.45) is 0. The fourth-order valence-electron chi connectivity index (χ4n) is 21.2. The summed E-state index contributed by atoms with van der Waals surface area (Å²) in [6.45, 7) is 8.99. The van der Waals surface area contributed by atoms with Crippen LogP contribution in [0.2, 0.25) is 0 Å². The van der Waals surface area contributed by atoms with Crippen molar-refractivity contribution in [2.45, 2.75) is 43.9 Å². The van der Waals surface area contributed by atoms with Gasteiger partial charge in [0.05, 0.1) is 22.2 Å². The fraction of sp³-hybridized carbons (Fsp3) is 0.0551. The van der Waals surface area contributed by atoms with Gasteiger partial charge in [0.1, 0.15) is 22.3 Å². The first-order chi connectivity index (χ1) is 64.5. The van der Waals surface area contributed by atoms with Gasteiger partial charge in [0.25, 0.3) is 0 Å². The second kappa shape index (κ2) is 32.8. The number of fused-ring (bicyclic) bond motifs is 12. The van der Waals surface area contributed by atoms with Crippen molar-refractivity contribution in [1.29, 1.82) is 0 Å². The summed E-state index contributed by atoms with van der Waals surface area (Å²) in [5, 5.41) is 4.55. The molecule has 0 fully saturated rings. The molecule has 2 aromatic heterocycles. The Kier molecular flexibility index (Phi) is 19.8. The highest BCUT2D eigenvalue weighted by Crippen LogP contribution is 2.62. The molecule has 24 rings (SSSR count). The maximum absolute atomic E-state index is 6.85. The minimum Gasteiger partial charge on any atom is -0.455 e. The summed E-state index contributed by atoms with van der Waals surface area (Å²) in [5.41, 5.74) is 40.7. The fourth-order valence-corrected chi connectivity index (χ4v) is 21.2. The maximum atomic E-state index is 6.85. The molecule has 0 bridgehead atoms. The van der Waals surface area contributed by atoms with E-state index in [-0.39, 0.29) is 5.41 Å². The van der Waals surface area contributed by atoms with Crippen LogP contribution in [0, 0.1) is 6.92 Å². The summed E-state index contributed by atoms with van der Waals surface area (Å²) < 4.78 is 13.4. The second-order valence-corrected chi connectivity index (χ2v) is 35.6. The zero-order valence-corrected chi connectivity index (χ0v) is 73.4. The Bertz CT molecular complexity index is 7920. The van der Waals surface area contributed by atoms with E-state index in [1.54, 1.807) is 0 Å². The van der Waals surface area contributed by atoms with Crippen molar-refractivity contribution in [3.63, 3.8) is 0 Å². The van der Waals surface area contributed by atoms with Gasteiger partial charge in [0, 0.05) is 72.1 Å². The van der Waals surface area contributed by atoms with Gasteiger partial charge in [-0.3, -0.25) is 0 Å². The summed E-state index contributed by atoms with van der Waals surface area (Å²) in [6, 6.07) is 177. The molecule has 2 heterocycles. The Hall–Kier alpha value is -16.4. The van der Waals surface area contributed by atoms with E-state index in [9.17, 15) is 0 Å². The van der Waals surface area contributed by atoms with E-state index in [1.165, 1.54) is 122 Å². The summed E-state index contributed by atoms with van der Waals surface area (Å²) in [5.74, 6) is 0. The van der Waals surface area contributed by atoms with Crippen molar-refractivity contribution in [2.24, 2.45) is 0 Å². The van der Waals surface area contributed by atoms with Crippen LogP contribution in [0.1, 0.15) is 76.4 Å². The van der Waals surface area contributed by atoms with Crippen molar-refractivity contribution < 1.29 is 8.83 Å². The topological polar surface area (TPSA) is 32.8 Å². The molecule has 0 saturated carbocycles. The van der Waals surface area contributed by atoms with Crippen LogP contribution >= 0.6 is 0 Å². The average Bonchev–Trinajstić information content (AvgIpc) is 1.53. The monoisotopic (exact) mass is 1680 g/mol. The van der Waals surface area contributed by atoms with Crippen LogP contribution < -0.4 is 9.80 Å². The van der Waals surface area contributed by atoms with Crippen LogP contribution in [-0.2, 0) is 16.2 Å². The van der Waals surface area contributed by atoms with Crippen molar-refractivity contribution in [3.05, 3.63) is 541 Å². The Morgan fingerprint density at radius 3 is 0.947 bits per heavy atom. The average molecular weight is 1680 g/mol. The summed E-state index contributed by atoms with van der Waals surface area (Å²) in [4.78, 5) is 4.91. The number of benzene rings is 20. The van der Waals surface area contributed by atoms with E-state index in [0.717, 1.165) is 100 Å². The molecule has 22 aromatic rings. The molecule has 0 aliphatic heterocycles. The molecule has 20 aromatic carbocycles. The predicted octanol–water partition coefficient (Wildman–Crippen LogP) is 34.4. The van der Waals surface area contributed by atoms with Gasteiger partial charge >= 0.3 is 0 Å². The molecule has 0 saturated heterocycles. The highest BCUT2D eigenvalue weighted by Gasteiger charge is 2.49. The number of hydrogen-bond acceptors (Lipinski definition) is 4. The number of rotatable bonds is 16. The Morgan fingerprint density at radius 1 is 0.214 bits per heavy atom. The lowest BCUT2D eigenvalue weighted by Crippen LogP contribution is -2.28. The van der Waals surface area contributed by atoms with Crippen LogP contribution in [0.15, 0.2) is 494 Å². The molecule has 4 heteroatoms. The Morgan fingerprint density at radius 2 is 0.511 bits per heavy atom. The van der Waals surface area contributed by atoms with Gasteiger partial charge in [0.15, 0.2) is 0 Å². The minimum atomic E-state index is -0.520. The largest absolute Gasteiger partial charge is 0.455 e. The Labute approximate surface area is 765 Å². The maximum Gasteiger partial charge on any atom is 0.143 e. The highest BCUT2D eigenvalue weighted by atomic mass is 16.3. The summed E-state index contributed by atoms with van der Waals surface area (Å²) >= 11 is 0. The lowest BCUT2D eigenvalue weighted by atomic mass is 9.68. The smallest absolute Gasteiger partial charge is 0.143 e. The van der Waals surface area contributed by atoms with Gasteiger partial charge in [-0.15, -0.1) is 0 Å². The first kappa shape index (κ1) is 79.3. The number of furan rings is 2. The number of anilines is 6. The first-order valence-corrected chi connectivity index (χ1v) is 45.4. The zero-order chi connectivity index (χ0) is 87.7. The molecule has 131 heavy (non-hydrogen) atoms. The third-order valence-electron chi connectivity index (χ3n) is 27.2. The molecule has 622 valence electrons. The quantitative estimate of drug-likeness (QED) is 0.0965. The molecule has 0 N–H and O–H groups in total. The van der Waals surface area contributed by atoms with Crippen molar-refractivity contribution in [1.82, 2.24) is 0 Å². The Balaban J connectivity index is 0.000000149. The molecule has 0 unspecified atom stereocenters. The van der Waals surface area contributed by atoms with Crippen molar-refractivity contribution in [2.75, 3.05) is 9.80 Å². The predicted molar refractivity (Wildman–Crippen MR) is 547 cm³/mol. The number of hydrogen-bond donors (Lipinski definition) is 0. The minimum absolute atomic E-state index is 0.0517. The van der Waals surface area contributed by atoms with Crippen LogP contribution in [0.3, 0.4) is 0 Å². The molecule has 2 aliphatic carbocycles. The van der Waals surface area contributed by atoms with E-state index < -0.39 is 10.8 Å². The van der Waals surface area contributed by atoms with E-state index in [0.29, 0.717) is 0 Å². The van der Waals surface area contributed by atoms with Gasteiger partial charge in [-0.25, -0.2) is 0 Å². The van der Waals surface area contributed by atoms with Crippen LogP contribution in [0.25, 0.3) is 133 Å². The molecule has 0 amide bonds. The standard InChI is InChI=1S/C65H49NO.C62H43NO/c1-64(2,3)59-30-16-27-55-54-26-15-25-53(62(54)67-63(55)59)48-38-42-52(43-39-48)66(51-40-36-47(37-41-51)46-34-32-45(33-35-46)44-18-7-4-8-19-44)60-31-17-29-58-61(60)56-24-13-14-28-57(56)65(58,49-20-9-5-10-21-49)50-22-11-6-12-23-50;1-42-41-50(39-40-51(42)45-33-31-44(32-34-45)43-17-5-2-6-18-43)63(49-37-35-46(36-38-49)52-25-15-26-54-53-23-12-14-30-59(53)64-61(52)54)58-29-16-28-57-60(58)55-24-11-13-27-56(55)62(57,47-19-7-3-8-20-47)48-21-9-4-10-22-48/h4-43H,1-3H3;2-41H,1H3. The third-order valence-corrected chi connectivity index (χ3v) is 27.2. The van der Waals surface area contributed by atoms with Crippen LogP contribution in [0.4, 0.5) is 34.1 Å². The van der Waals surface area contributed by atoms with E-state index in [4.69, 9.17) is 8.83 Å². The van der Waals surface area contributed by atoms with Crippen LogP contribution in [0.5, 0.6) is 0 Å². The number of aryl methyl sites for hydroxylation is 1. The second-order valence-electron chi connectivity index (χ2n) is 35.6. The van der Waals surface area contributed by atoms with Crippen molar-refractivity contribution >= 4 is 78.0 Å². The molecule has 2 aliphatic rings. The lowest BCUT2D eigenvalue weighted by molar-refractivity contribution is 0.573. The molecule has 0 spiro atoms. The normalized spacial score (nSPS) is 12.7. The van der Waals surface area contributed by atoms with E-state index in [2.05, 4.69) is 511 Å². The first-order valence-electron chi connectivity index (χ1n) is 45.4. The highest BCUT2D eigenvalue weighted by molar-refractivity contribution is 6.12. The molecular weight excluding hydrogens is 1590 g/mol. The molecule has 0 atom stereocenters. The molecule has 0 radical (unpaired) electrons. The van der Waals surface area contributed by atoms with Crippen LogP contribution in [-0.4, -0.2) is 0 Å². The number of para-hydroxylation sites is 4. The van der Waals surface area contributed by atoms with Gasteiger partial charge in [-0.1, -0.05) is 439 Å². The summed E-state index contributed by atoms with van der Waals surface area (Å²) in [7, 11) is 0. The van der Waals surface area contributed by atoms with E-state index >= 15 is 0 Å². The third kappa shape index (κ3) is 13.5. The zero-order valence-electron chi connectivity index (χ0n) is 73.4. The van der Waals surface area contributed by atoms with E-state index in [1.807, 2.05) is 12.1 Å². The SMILES string of the molecule is CC(C)(C)c1cccc2c1oc1c(-c3ccc(N(c4ccc(-c5ccc(-c6ccccc6)cc5)cc4)c4cccc5c4-c4ccccc4C5(c4ccccc4)c4ccccc4)cc3)cccc12.Cc1cc(N(c2ccc(-c3cccc4c3oc3ccccc34)cc2)c2cccc3c2-c2ccccc2C3(c2ccccc2)c2ccccc2)ccc1-c1ccc(-c2ccccc2)cc1. The van der Waals surface area contributed by atoms with Gasteiger partial charge < -0.3 is 18.6 Å². The van der Waals surface area contributed by atoms with Gasteiger partial charge in [-0.05, 0) is 196 Å². The number of nitrogens with zero attached hydrogens (tertiary/aromatic N) is 2. The van der Waals surface area contributed by atoms with Gasteiger partial charge in [0.2, 0.25) is 0 Å². The molecular formula is C127H92N2O2. The van der Waals surface area contributed by atoms with Crippen molar-refractivity contribution in [3.8, 4) is 89.0 Å². The lowest BCUT2D eigenvalue weighted by Gasteiger charge is -2.34. The van der Waals surface area contributed by atoms with Gasteiger partial charge in [-0.2, -0.15) is 0 Å². The molecule has 4 nitrogen and oxygen atoms in total.